The lowest BCUT2D eigenvalue weighted by atomic mass is 9.95. The standard InChI is InChI=1S/C31H38N6OS/c32-30(33)27-12-7-13-29(18-27)37-22-28(34-39-23-26-10-5-2-6-11-26)21-36(31(37)38)20-25-14-16-35(17-15-25)19-24-8-3-1-4-9-24/h1-13,18,25,28,34H,14-17,19-23H2,(H3,32,33). The molecule has 0 radical (unpaired) electrons. The molecule has 1 unspecified atom stereocenters. The molecule has 204 valence electrons. The van der Waals surface area contributed by atoms with Crippen LogP contribution < -0.4 is 15.4 Å². The van der Waals surface area contributed by atoms with E-state index in [1.807, 2.05) is 40.1 Å². The third kappa shape index (κ3) is 7.41. The van der Waals surface area contributed by atoms with E-state index in [1.165, 1.54) is 11.1 Å². The Morgan fingerprint density at radius 3 is 2.31 bits per heavy atom. The fraction of sp³-hybridized carbons (Fsp3) is 0.355. The molecule has 0 aromatic heterocycles. The van der Waals surface area contributed by atoms with Gasteiger partial charge in [0.05, 0.1) is 6.04 Å². The number of nitrogens with one attached hydrogen (secondary N) is 2. The quantitative estimate of drug-likeness (QED) is 0.192. The number of carbonyl (C=O) groups is 1. The van der Waals surface area contributed by atoms with Crippen LogP contribution >= 0.6 is 11.9 Å². The largest absolute Gasteiger partial charge is 0.384 e. The second-order valence-electron chi connectivity index (χ2n) is 10.6. The van der Waals surface area contributed by atoms with Gasteiger partial charge < -0.3 is 10.6 Å². The van der Waals surface area contributed by atoms with Crippen molar-refractivity contribution in [3.63, 3.8) is 0 Å². The number of anilines is 1. The van der Waals surface area contributed by atoms with Gasteiger partial charge in [0.15, 0.2) is 0 Å². The van der Waals surface area contributed by atoms with E-state index in [0.717, 1.165) is 50.5 Å². The van der Waals surface area contributed by atoms with Crippen molar-refractivity contribution < 1.29 is 4.79 Å². The number of likely N-dealkylation sites (tertiary alicyclic amines) is 1. The van der Waals surface area contributed by atoms with Gasteiger partial charge in [-0.3, -0.25) is 19.9 Å². The summed E-state index contributed by atoms with van der Waals surface area (Å²) in [5.41, 5.74) is 9.80. The number of piperidine rings is 1. The molecule has 8 heteroatoms. The number of amidine groups is 1. The molecule has 2 heterocycles. The Hall–Kier alpha value is -3.33. The normalized spacial score (nSPS) is 18.9. The third-order valence-electron chi connectivity index (χ3n) is 7.58. The molecule has 0 aliphatic carbocycles. The minimum atomic E-state index is 0.00789. The van der Waals surface area contributed by atoms with Crippen molar-refractivity contribution in [3.05, 3.63) is 102 Å². The van der Waals surface area contributed by atoms with Gasteiger partial charge in [0.2, 0.25) is 0 Å². The second-order valence-corrected chi connectivity index (χ2v) is 11.4. The molecule has 2 aliphatic heterocycles. The number of nitrogens with zero attached hydrogens (tertiary/aromatic N) is 3. The molecule has 0 saturated carbocycles. The van der Waals surface area contributed by atoms with Crippen molar-refractivity contribution in [2.24, 2.45) is 11.7 Å². The molecule has 2 saturated heterocycles. The van der Waals surface area contributed by atoms with E-state index in [1.54, 1.807) is 11.9 Å². The van der Waals surface area contributed by atoms with Gasteiger partial charge >= 0.3 is 6.03 Å². The monoisotopic (exact) mass is 542 g/mol. The number of hydrogen-bond acceptors (Lipinski definition) is 5. The number of nitrogens with two attached hydrogens (primary N) is 1. The van der Waals surface area contributed by atoms with Crippen LogP contribution in [0.4, 0.5) is 10.5 Å². The van der Waals surface area contributed by atoms with Crippen molar-refractivity contribution in [1.29, 1.82) is 5.41 Å². The minimum absolute atomic E-state index is 0.00789. The summed E-state index contributed by atoms with van der Waals surface area (Å²) in [6.07, 6.45) is 2.19. The van der Waals surface area contributed by atoms with Crippen LogP contribution in [0.3, 0.4) is 0 Å². The van der Waals surface area contributed by atoms with Crippen LogP contribution in [0.25, 0.3) is 0 Å². The highest BCUT2D eigenvalue weighted by molar-refractivity contribution is 7.96. The van der Waals surface area contributed by atoms with Crippen molar-refractivity contribution in [2.45, 2.75) is 31.2 Å². The van der Waals surface area contributed by atoms with Crippen LogP contribution in [-0.2, 0) is 12.3 Å². The number of hydrogen-bond donors (Lipinski definition) is 3. The first-order valence-electron chi connectivity index (χ1n) is 13.7. The number of carbonyl (C=O) groups excluding carboxylic acids is 1. The van der Waals surface area contributed by atoms with E-state index in [9.17, 15) is 4.79 Å². The van der Waals surface area contributed by atoms with Crippen LogP contribution in [0.5, 0.6) is 0 Å². The van der Waals surface area contributed by atoms with Crippen molar-refractivity contribution in [1.82, 2.24) is 14.5 Å². The molecule has 39 heavy (non-hydrogen) atoms. The summed E-state index contributed by atoms with van der Waals surface area (Å²) in [6.45, 7) is 5.13. The first kappa shape index (κ1) is 27.2. The lowest BCUT2D eigenvalue weighted by Gasteiger charge is -2.42. The van der Waals surface area contributed by atoms with Gasteiger partial charge in [0.1, 0.15) is 5.84 Å². The van der Waals surface area contributed by atoms with Crippen LogP contribution in [0.1, 0.15) is 29.5 Å². The summed E-state index contributed by atoms with van der Waals surface area (Å²) in [5, 5.41) is 7.85. The molecular weight excluding hydrogens is 504 g/mol. The molecule has 7 nitrogen and oxygen atoms in total. The summed E-state index contributed by atoms with van der Waals surface area (Å²) in [5.74, 6) is 1.36. The number of urea groups is 1. The van der Waals surface area contributed by atoms with Gasteiger partial charge in [-0.25, -0.2) is 4.79 Å². The Morgan fingerprint density at radius 1 is 0.923 bits per heavy atom. The Kier molecular flexibility index (Phi) is 9.19. The van der Waals surface area contributed by atoms with E-state index >= 15 is 0 Å². The van der Waals surface area contributed by atoms with Crippen molar-refractivity contribution in [3.8, 4) is 0 Å². The molecule has 3 aromatic carbocycles. The first-order valence-corrected chi connectivity index (χ1v) is 14.7. The first-order chi connectivity index (χ1) is 19.0. The summed E-state index contributed by atoms with van der Waals surface area (Å²) in [7, 11) is 0. The Balaban J connectivity index is 1.23. The van der Waals surface area contributed by atoms with E-state index < -0.39 is 0 Å². The predicted molar refractivity (Wildman–Crippen MR) is 161 cm³/mol. The molecule has 1 atom stereocenters. The van der Waals surface area contributed by atoms with E-state index in [0.29, 0.717) is 24.6 Å². The third-order valence-corrected chi connectivity index (χ3v) is 8.56. The fourth-order valence-electron chi connectivity index (χ4n) is 5.45. The van der Waals surface area contributed by atoms with E-state index in [4.69, 9.17) is 11.1 Å². The molecule has 2 fully saturated rings. The minimum Gasteiger partial charge on any atom is -0.384 e. The maximum atomic E-state index is 13.7. The van der Waals surface area contributed by atoms with Crippen molar-refractivity contribution in [2.75, 3.05) is 37.6 Å². The second kappa shape index (κ2) is 13.2. The maximum Gasteiger partial charge on any atom is 0.324 e. The zero-order valence-electron chi connectivity index (χ0n) is 22.3. The molecule has 0 spiro atoms. The van der Waals surface area contributed by atoms with Gasteiger partial charge in [0.25, 0.3) is 0 Å². The highest BCUT2D eigenvalue weighted by Gasteiger charge is 2.34. The Bertz CT molecular complexity index is 1230. The lowest BCUT2D eigenvalue weighted by molar-refractivity contribution is 0.135. The van der Waals surface area contributed by atoms with Gasteiger partial charge in [0, 0.05) is 43.2 Å². The van der Waals surface area contributed by atoms with Gasteiger partial charge in [-0.15, -0.1) is 0 Å². The zero-order valence-corrected chi connectivity index (χ0v) is 23.2. The Labute approximate surface area is 236 Å². The van der Waals surface area contributed by atoms with Crippen LogP contribution in [0.2, 0.25) is 0 Å². The van der Waals surface area contributed by atoms with E-state index in [-0.39, 0.29) is 17.9 Å². The molecule has 3 aromatic rings. The molecule has 4 N–H and O–H groups in total. The maximum absolute atomic E-state index is 13.7. The number of nitrogen functional groups attached to an aromatic ring is 1. The fourth-order valence-corrected chi connectivity index (χ4v) is 6.28. The summed E-state index contributed by atoms with van der Waals surface area (Å²) in [6, 6.07) is 28.7. The predicted octanol–water partition coefficient (Wildman–Crippen LogP) is 4.93. The molecular formula is C31H38N6OS. The Morgan fingerprint density at radius 2 is 1.62 bits per heavy atom. The van der Waals surface area contributed by atoms with Crippen LogP contribution in [0.15, 0.2) is 84.9 Å². The van der Waals surface area contributed by atoms with Gasteiger partial charge in [-0.1, -0.05) is 84.7 Å². The summed E-state index contributed by atoms with van der Waals surface area (Å²) >= 11 is 1.69. The van der Waals surface area contributed by atoms with Crippen molar-refractivity contribution >= 4 is 29.5 Å². The molecule has 0 bridgehead atoms. The average molecular weight is 543 g/mol. The SMILES string of the molecule is N=C(N)c1cccc(N2CC(NSCc3ccccc3)CN(CC3CCN(Cc4ccccc4)CC3)C2=O)c1. The molecule has 5 rings (SSSR count). The lowest BCUT2D eigenvalue weighted by Crippen LogP contribution is -2.60. The number of amides is 2. The smallest absolute Gasteiger partial charge is 0.324 e. The molecule has 2 amide bonds. The molecule has 2 aliphatic rings. The summed E-state index contributed by atoms with van der Waals surface area (Å²) in [4.78, 5) is 20.1. The van der Waals surface area contributed by atoms with Gasteiger partial charge in [-0.2, -0.15) is 0 Å². The average Bonchev–Trinajstić information content (AvgIpc) is 2.97. The zero-order chi connectivity index (χ0) is 27.0. The number of benzene rings is 3. The topological polar surface area (TPSA) is 88.7 Å². The van der Waals surface area contributed by atoms with Crippen LogP contribution in [-0.4, -0.2) is 60.4 Å². The van der Waals surface area contributed by atoms with E-state index in [2.05, 4.69) is 64.2 Å². The summed E-state index contributed by atoms with van der Waals surface area (Å²) < 4.78 is 3.64. The van der Waals surface area contributed by atoms with Crippen LogP contribution in [0, 0.1) is 11.3 Å². The highest BCUT2D eigenvalue weighted by atomic mass is 32.2. The number of rotatable bonds is 10. The highest BCUT2D eigenvalue weighted by Crippen LogP contribution is 2.26. The van der Waals surface area contributed by atoms with Gasteiger partial charge in [-0.05, 0) is 55.1 Å².